The zero-order valence-electron chi connectivity index (χ0n) is 10.6. The number of hydrogen-bond donors (Lipinski definition) is 1. The van der Waals surface area contributed by atoms with Gasteiger partial charge in [-0.3, -0.25) is 4.79 Å². The normalized spacial score (nSPS) is 26.7. The Hall–Kier alpha value is -0.570. The Morgan fingerprint density at radius 2 is 2.13 bits per heavy atom. The summed E-state index contributed by atoms with van der Waals surface area (Å²) in [5.74, 6) is 0.458. The smallest absolute Gasteiger partial charge is 0.227 e. The molecule has 2 unspecified atom stereocenters. The Balaban J connectivity index is 2.67. The van der Waals surface area contributed by atoms with Crippen molar-refractivity contribution in [2.45, 2.75) is 52.1 Å². The van der Waals surface area contributed by atoms with Crippen molar-refractivity contribution in [1.29, 1.82) is 0 Å². The number of rotatable bonds is 3. The van der Waals surface area contributed by atoms with Crippen LogP contribution in [0.3, 0.4) is 0 Å². The largest absolute Gasteiger partial charge is 0.340 e. The molecule has 0 radical (unpaired) electrons. The average molecular weight is 212 g/mol. The summed E-state index contributed by atoms with van der Waals surface area (Å²) in [7, 11) is 1.93. The fraction of sp³-hybridized carbons (Fsp3) is 0.917. The molecule has 0 spiro atoms. The van der Waals surface area contributed by atoms with Gasteiger partial charge in [-0.05, 0) is 40.2 Å². The molecule has 15 heavy (non-hydrogen) atoms. The maximum absolute atomic E-state index is 12.2. The van der Waals surface area contributed by atoms with Crippen LogP contribution in [0.5, 0.6) is 0 Å². The predicted octanol–water partition coefficient (Wildman–Crippen LogP) is 1.63. The lowest BCUT2D eigenvalue weighted by atomic mass is 9.94. The monoisotopic (exact) mass is 212 g/mol. The molecule has 1 amide bonds. The van der Waals surface area contributed by atoms with Crippen molar-refractivity contribution in [2.24, 2.45) is 5.92 Å². The number of carbonyl (C=O) groups is 1. The molecular weight excluding hydrogens is 188 g/mol. The van der Waals surface area contributed by atoms with Crippen LogP contribution >= 0.6 is 0 Å². The van der Waals surface area contributed by atoms with Crippen molar-refractivity contribution in [2.75, 3.05) is 13.6 Å². The molecule has 0 aromatic heterocycles. The van der Waals surface area contributed by atoms with Crippen LogP contribution in [0, 0.1) is 5.92 Å². The molecule has 2 atom stereocenters. The number of hydrogen-bond acceptors (Lipinski definition) is 2. The number of amides is 1. The first kappa shape index (κ1) is 12.5. The van der Waals surface area contributed by atoms with Crippen LogP contribution in [0.2, 0.25) is 0 Å². The second-order valence-corrected chi connectivity index (χ2v) is 5.20. The van der Waals surface area contributed by atoms with Crippen molar-refractivity contribution in [1.82, 2.24) is 10.2 Å². The lowest BCUT2D eigenvalue weighted by molar-refractivity contribution is -0.139. The number of nitrogens with one attached hydrogen (secondary N) is 1. The van der Waals surface area contributed by atoms with Gasteiger partial charge in [0.15, 0.2) is 0 Å². The Kier molecular flexibility index (Phi) is 3.77. The Bertz CT molecular complexity index is 238. The zero-order valence-corrected chi connectivity index (χ0v) is 10.6. The standard InChI is InChI=1S/C12H24N2O/c1-6-12(3,4)14(5)11(15)10-7-8-13-9(10)2/h9-10,13H,6-8H2,1-5H3. The maximum atomic E-state index is 12.2. The van der Waals surface area contributed by atoms with E-state index in [1.807, 2.05) is 11.9 Å². The molecule has 0 saturated carbocycles. The summed E-state index contributed by atoms with van der Waals surface area (Å²) in [5.41, 5.74) is -0.0284. The maximum Gasteiger partial charge on any atom is 0.227 e. The molecular formula is C12H24N2O. The van der Waals surface area contributed by atoms with E-state index in [0.717, 1.165) is 19.4 Å². The fourth-order valence-electron chi connectivity index (χ4n) is 1.98. The first-order valence-corrected chi connectivity index (χ1v) is 5.91. The Labute approximate surface area is 93.2 Å². The first-order valence-electron chi connectivity index (χ1n) is 5.91. The van der Waals surface area contributed by atoms with E-state index in [-0.39, 0.29) is 11.5 Å². The molecule has 1 rings (SSSR count). The van der Waals surface area contributed by atoms with E-state index in [1.54, 1.807) is 0 Å². The molecule has 88 valence electrons. The van der Waals surface area contributed by atoms with Gasteiger partial charge in [0.05, 0.1) is 5.92 Å². The van der Waals surface area contributed by atoms with Gasteiger partial charge in [0.2, 0.25) is 5.91 Å². The lowest BCUT2D eigenvalue weighted by Crippen LogP contribution is -2.48. The second kappa shape index (κ2) is 4.52. The highest BCUT2D eigenvalue weighted by Gasteiger charge is 2.35. The van der Waals surface area contributed by atoms with Crippen molar-refractivity contribution in [3.8, 4) is 0 Å². The molecule has 0 bridgehead atoms. The van der Waals surface area contributed by atoms with Gasteiger partial charge in [0.1, 0.15) is 0 Å². The molecule has 0 aromatic rings. The Morgan fingerprint density at radius 1 is 1.53 bits per heavy atom. The molecule has 1 aliphatic heterocycles. The van der Waals surface area contributed by atoms with Gasteiger partial charge in [-0.1, -0.05) is 6.92 Å². The van der Waals surface area contributed by atoms with Crippen LogP contribution in [0.25, 0.3) is 0 Å². The van der Waals surface area contributed by atoms with Crippen molar-refractivity contribution < 1.29 is 4.79 Å². The van der Waals surface area contributed by atoms with E-state index in [9.17, 15) is 4.79 Å². The molecule has 3 nitrogen and oxygen atoms in total. The third-order valence-electron chi connectivity index (χ3n) is 3.95. The van der Waals surface area contributed by atoms with E-state index >= 15 is 0 Å². The van der Waals surface area contributed by atoms with Gasteiger partial charge in [0.25, 0.3) is 0 Å². The third kappa shape index (κ3) is 2.51. The minimum atomic E-state index is -0.0284. The van der Waals surface area contributed by atoms with Crippen molar-refractivity contribution in [3.63, 3.8) is 0 Å². The molecule has 1 fully saturated rings. The van der Waals surface area contributed by atoms with Gasteiger partial charge in [-0.25, -0.2) is 0 Å². The quantitative estimate of drug-likeness (QED) is 0.771. The first-order chi connectivity index (χ1) is 6.90. The summed E-state index contributed by atoms with van der Waals surface area (Å²) in [6.45, 7) is 9.44. The van der Waals surface area contributed by atoms with E-state index in [2.05, 4.69) is 33.0 Å². The van der Waals surface area contributed by atoms with E-state index in [0.29, 0.717) is 11.9 Å². The minimum Gasteiger partial charge on any atom is -0.340 e. The number of carbonyl (C=O) groups excluding carboxylic acids is 1. The molecule has 1 saturated heterocycles. The highest BCUT2D eigenvalue weighted by Crippen LogP contribution is 2.23. The summed E-state index contributed by atoms with van der Waals surface area (Å²) in [6, 6.07) is 0.326. The van der Waals surface area contributed by atoms with E-state index < -0.39 is 0 Å². The molecule has 3 heteroatoms. The minimum absolute atomic E-state index is 0.0284. The molecule has 1 aliphatic rings. The summed E-state index contributed by atoms with van der Waals surface area (Å²) in [5, 5.41) is 3.33. The van der Waals surface area contributed by atoms with Gasteiger partial charge in [-0.15, -0.1) is 0 Å². The summed E-state index contributed by atoms with van der Waals surface area (Å²) < 4.78 is 0. The average Bonchev–Trinajstić information content (AvgIpc) is 2.62. The SMILES string of the molecule is CCC(C)(C)N(C)C(=O)C1CCNC1C. The second-order valence-electron chi connectivity index (χ2n) is 5.20. The molecule has 0 aliphatic carbocycles. The summed E-state index contributed by atoms with van der Waals surface area (Å²) in [4.78, 5) is 14.2. The summed E-state index contributed by atoms with van der Waals surface area (Å²) >= 11 is 0. The fourth-order valence-corrected chi connectivity index (χ4v) is 1.98. The van der Waals surface area contributed by atoms with E-state index in [1.165, 1.54) is 0 Å². The highest BCUT2D eigenvalue weighted by atomic mass is 16.2. The highest BCUT2D eigenvalue weighted by molar-refractivity contribution is 5.80. The van der Waals surface area contributed by atoms with Gasteiger partial charge in [0, 0.05) is 18.6 Å². The third-order valence-corrected chi connectivity index (χ3v) is 3.95. The summed E-state index contributed by atoms with van der Waals surface area (Å²) in [6.07, 6.45) is 1.97. The van der Waals surface area contributed by atoms with Crippen LogP contribution in [0.1, 0.15) is 40.5 Å². The van der Waals surface area contributed by atoms with E-state index in [4.69, 9.17) is 0 Å². The van der Waals surface area contributed by atoms with Crippen LogP contribution in [0.4, 0.5) is 0 Å². The molecule has 1 heterocycles. The van der Waals surface area contributed by atoms with Crippen LogP contribution < -0.4 is 5.32 Å². The molecule has 0 aromatic carbocycles. The molecule has 1 N–H and O–H groups in total. The zero-order chi connectivity index (χ0) is 11.6. The predicted molar refractivity (Wildman–Crippen MR) is 62.7 cm³/mol. The lowest BCUT2D eigenvalue weighted by Gasteiger charge is -2.37. The topological polar surface area (TPSA) is 32.3 Å². The van der Waals surface area contributed by atoms with Gasteiger partial charge >= 0.3 is 0 Å². The van der Waals surface area contributed by atoms with Crippen molar-refractivity contribution in [3.05, 3.63) is 0 Å². The van der Waals surface area contributed by atoms with Gasteiger partial charge < -0.3 is 10.2 Å². The van der Waals surface area contributed by atoms with Gasteiger partial charge in [-0.2, -0.15) is 0 Å². The number of nitrogens with zero attached hydrogens (tertiary/aromatic N) is 1. The van der Waals surface area contributed by atoms with Crippen LogP contribution in [0.15, 0.2) is 0 Å². The van der Waals surface area contributed by atoms with Crippen molar-refractivity contribution >= 4 is 5.91 Å². The Morgan fingerprint density at radius 3 is 2.53 bits per heavy atom. The van der Waals surface area contributed by atoms with Crippen LogP contribution in [-0.2, 0) is 4.79 Å². The van der Waals surface area contributed by atoms with Crippen LogP contribution in [-0.4, -0.2) is 36.0 Å².